The van der Waals surface area contributed by atoms with Crippen molar-refractivity contribution in [2.75, 3.05) is 18.5 Å². The zero-order valence-electron chi connectivity index (χ0n) is 19.1. The van der Waals surface area contributed by atoms with Crippen molar-refractivity contribution in [3.8, 4) is 5.88 Å². The number of anilines is 1. The number of rotatable bonds is 5. The van der Waals surface area contributed by atoms with Gasteiger partial charge in [0.15, 0.2) is 0 Å². The van der Waals surface area contributed by atoms with Crippen LogP contribution < -0.4 is 20.5 Å². The molecule has 1 aromatic carbocycles. The molecule has 9 nitrogen and oxygen atoms in total. The number of benzene rings is 1. The van der Waals surface area contributed by atoms with E-state index in [1.54, 1.807) is 13.0 Å². The van der Waals surface area contributed by atoms with E-state index < -0.39 is 32.5 Å². The fraction of sp³-hybridized carbons (Fsp3) is 0.455. The fourth-order valence-corrected chi connectivity index (χ4v) is 7.83. The van der Waals surface area contributed by atoms with Gasteiger partial charge in [0.05, 0.1) is 29.0 Å². The minimum Gasteiger partial charge on any atom is -0.477 e. The number of nitrogens with two attached hydrogens (primary N) is 1. The second-order valence-corrected chi connectivity index (χ2v) is 11.9. The molecule has 33 heavy (non-hydrogen) atoms. The number of carbonyl (C=O) groups is 1. The van der Waals surface area contributed by atoms with E-state index in [0.717, 1.165) is 0 Å². The normalized spacial score (nSPS) is 30.0. The van der Waals surface area contributed by atoms with Gasteiger partial charge < -0.3 is 20.3 Å². The van der Waals surface area contributed by atoms with Gasteiger partial charge in [0, 0.05) is 17.8 Å². The molecule has 2 aliphatic rings. The third-order valence-corrected chi connectivity index (χ3v) is 10.4. The van der Waals surface area contributed by atoms with E-state index in [0.29, 0.717) is 31.1 Å². The summed E-state index contributed by atoms with van der Waals surface area (Å²) >= 11 is 0. The van der Waals surface area contributed by atoms with Crippen LogP contribution in [0.2, 0.25) is 0 Å². The summed E-state index contributed by atoms with van der Waals surface area (Å²) in [5.41, 5.74) is 5.92. The van der Waals surface area contributed by atoms with E-state index in [-0.39, 0.29) is 22.3 Å². The summed E-state index contributed by atoms with van der Waals surface area (Å²) in [6.07, 6.45) is 3.31. The Labute approximate surface area is 193 Å². The molecule has 1 unspecified atom stereocenters. The highest BCUT2D eigenvalue weighted by molar-refractivity contribution is 8.29. The number of ether oxygens (including phenoxy) is 1. The van der Waals surface area contributed by atoms with Gasteiger partial charge in [-0.2, -0.15) is 0 Å². The average Bonchev–Trinajstić information content (AvgIpc) is 3.19. The van der Waals surface area contributed by atoms with Gasteiger partial charge >= 0.3 is 0 Å². The highest BCUT2D eigenvalue weighted by Gasteiger charge is 2.60. The standard InChI is InChI=1S/C22H29FN6O3S/c1-5-32-18-12-25-16(11-26-18)19(30)28-13-6-7-15(23)14(10-13)22(4)17-8-9-27-33(17,31)21(2,3)20(24)29-22/h6-7,10-12,17,27,31H,5,8-9H2,1-4H3,(H2,24,29)(H,28,30)/t17-,22+/m0/s1. The van der Waals surface area contributed by atoms with Crippen molar-refractivity contribution in [1.29, 1.82) is 0 Å². The van der Waals surface area contributed by atoms with E-state index in [2.05, 4.69) is 20.0 Å². The number of fused-ring (bicyclic) bond motifs is 1. The molecule has 0 saturated carbocycles. The van der Waals surface area contributed by atoms with Gasteiger partial charge in [-0.1, -0.05) is 10.5 Å². The molecule has 0 aliphatic carbocycles. The smallest absolute Gasteiger partial charge is 0.275 e. The molecule has 5 N–H and O–H groups in total. The van der Waals surface area contributed by atoms with Crippen LogP contribution in [0.5, 0.6) is 5.88 Å². The minimum absolute atomic E-state index is 0.0935. The maximum absolute atomic E-state index is 15.1. The number of amides is 1. The van der Waals surface area contributed by atoms with Crippen LogP contribution in [0, 0.1) is 5.82 Å². The van der Waals surface area contributed by atoms with Crippen molar-refractivity contribution >= 4 is 27.9 Å². The number of hydrogen-bond acceptors (Lipinski definition) is 8. The molecule has 2 aliphatic heterocycles. The molecule has 4 rings (SSSR count). The number of nitrogens with one attached hydrogen (secondary N) is 2. The Hall–Kier alpha value is -2.76. The van der Waals surface area contributed by atoms with Gasteiger partial charge in [0.25, 0.3) is 5.91 Å². The highest BCUT2D eigenvalue weighted by Crippen LogP contribution is 2.67. The summed E-state index contributed by atoms with van der Waals surface area (Å²) in [5, 5.41) is 2.39. The van der Waals surface area contributed by atoms with Gasteiger partial charge in [-0.15, -0.1) is 0 Å². The second-order valence-electron chi connectivity index (χ2n) is 8.77. The molecule has 3 atom stereocenters. The Bertz CT molecular complexity index is 1110. The Balaban J connectivity index is 1.67. The van der Waals surface area contributed by atoms with Crippen LogP contribution in [0.15, 0.2) is 35.6 Å². The van der Waals surface area contributed by atoms with Crippen LogP contribution in [0.1, 0.15) is 50.2 Å². The van der Waals surface area contributed by atoms with Crippen LogP contribution in [-0.4, -0.2) is 49.4 Å². The van der Waals surface area contributed by atoms with Crippen molar-refractivity contribution in [1.82, 2.24) is 14.7 Å². The zero-order valence-corrected chi connectivity index (χ0v) is 19.9. The van der Waals surface area contributed by atoms with E-state index in [9.17, 15) is 9.35 Å². The van der Waals surface area contributed by atoms with Gasteiger partial charge in [0.1, 0.15) is 22.9 Å². The van der Waals surface area contributed by atoms with Crippen molar-refractivity contribution < 1.29 is 18.5 Å². The number of halogens is 1. The van der Waals surface area contributed by atoms with Crippen LogP contribution in [0.3, 0.4) is 0 Å². The molecule has 2 aromatic rings. The van der Waals surface area contributed by atoms with Crippen LogP contribution in [0.4, 0.5) is 10.1 Å². The molecular weight excluding hydrogens is 447 g/mol. The quantitative estimate of drug-likeness (QED) is 0.520. The first-order chi connectivity index (χ1) is 15.5. The summed E-state index contributed by atoms with van der Waals surface area (Å²) in [7, 11) is -2.42. The third-order valence-electron chi connectivity index (χ3n) is 6.44. The molecule has 1 aromatic heterocycles. The molecule has 1 fully saturated rings. The lowest BCUT2D eigenvalue weighted by Crippen LogP contribution is -2.57. The lowest BCUT2D eigenvalue weighted by atomic mass is 9.86. The van der Waals surface area contributed by atoms with Crippen molar-refractivity contribution in [2.45, 2.75) is 49.7 Å². The summed E-state index contributed by atoms with van der Waals surface area (Å²) < 4.78 is 34.5. The van der Waals surface area contributed by atoms with Gasteiger partial charge in [-0.3, -0.25) is 14.5 Å². The molecule has 0 radical (unpaired) electrons. The van der Waals surface area contributed by atoms with Gasteiger partial charge in [-0.25, -0.2) is 14.4 Å². The Morgan fingerprint density at radius 2 is 2.12 bits per heavy atom. The molecule has 178 valence electrons. The fourth-order valence-electron chi connectivity index (χ4n) is 4.46. The summed E-state index contributed by atoms with van der Waals surface area (Å²) in [6.45, 7) is 8.35. The molecule has 0 spiro atoms. The van der Waals surface area contributed by atoms with Crippen LogP contribution in [0.25, 0.3) is 0 Å². The molecule has 1 saturated heterocycles. The number of carbonyl (C=O) groups excluding carboxylic acids is 1. The lowest BCUT2D eigenvalue weighted by molar-refractivity contribution is 0.102. The minimum atomic E-state index is -2.42. The van der Waals surface area contributed by atoms with E-state index in [1.807, 2.05) is 20.8 Å². The SMILES string of the molecule is CCOc1cnc(C(=O)Nc2ccc(F)c([C@@]3(C)N=C(N)C(C)(C)S4(O)NCC[C@@H]34)c2)cn1. The Morgan fingerprint density at radius 1 is 1.36 bits per heavy atom. The first kappa shape index (κ1) is 23.4. The van der Waals surface area contributed by atoms with Crippen LogP contribution in [-0.2, 0) is 5.54 Å². The van der Waals surface area contributed by atoms with Crippen molar-refractivity contribution in [2.24, 2.45) is 10.7 Å². The van der Waals surface area contributed by atoms with Gasteiger partial charge in [0.2, 0.25) is 5.88 Å². The topological polar surface area (TPSA) is 135 Å². The number of aliphatic imine (C=N–C) groups is 1. The predicted molar refractivity (Wildman–Crippen MR) is 127 cm³/mol. The lowest BCUT2D eigenvalue weighted by Gasteiger charge is -2.56. The van der Waals surface area contributed by atoms with Crippen molar-refractivity contribution in [3.05, 3.63) is 47.7 Å². The molecule has 1 amide bonds. The molecule has 3 heterocycles. The first-order valence-electron chi connectivity index (χ1n) is 10.7. The van der Waals surface area contributed by atoms with E-state index in [4.69, 9.17) is 15.5 Å². The number of hydrogen-bond donors (Lipinski definition) is 4. The number of nitrogens with zero attached hydrogens (tertiary/aromatic N) is 3. The summed E-state index contributed by atoms with van der Waals surface area (Å²) in [6, 6.07) is 4.29. The first-order valence-corrected chi connectivity index (χ1v) is 12.4. The maximum Gasteiger partial charge on any atom is 0.275 e. The van der Waals surface area contributed by atoms with Gasteiger partial charge in [-0.05, 0) is 52.3 Å². The molecule has 0 bridgehead atoms. The number of amidine groups is 1. The number of aromatic nitrogens is 2. The Kier molecular flexibility index (Phi) is 5.83. The highest BCUT2D eigenvalue weighted by atomic mass is 32.3. The van der Waals surface area contributed by atoms with E-state index >= 15 is 4.39 Å². The summed E-state index contributed by atoms with van der Waals surface area (Å²) in [5.74, 6) is -0.388. The molecular formula is C22H29FN6O3S. The zero-order chi connectivity index (χ0) is 24.0. The largest absolute Gasteiger partial charge is 0.477 e. The molecule has 11 heteroatoms. The Morgan fingerprint density at radius 3 is 2.79 bits per heavy atom. The van der Waals surface area contributed by atoms with Crippen LogP contribution >= 0.6 is 10.5 Å². The average molecular weight is 477 g/mol. The maximum atomic E-state index is 15.1. The second kappa shape index (κ2) is 8.23. The van der Waals surface area contributed by atoms with E-state index in [1.165, 1.54) is 24.5 Å². The third kappa shape index (κ3) is 3.73. The monoisotopic (exact) mass is 476 g/mol. The summed E-state index contributed by atoms with van der Waals surface area (Å²) in [4.78, 5) is 25.5. The van der Waals surface area contributed by atoms with Crippen molar-refractivity contribution in [3.63, 3.8) is 0 Å². The predicted octanol–water partition coefficient (Wildman–Crippen LogP) is 3.19.